The van der Waals surface area contributed by atoms with Gasteiger partial charge in [-0.15, -0.1) is 0 Å². The number of methoxy groups -OCH3 is 1. The number of carbonyl (C=O) groups excluding carboxylic acids is 1. The highest BCUT2D eigenvalue weighted by Gasteiger charge is 2.29. The highest BCUT2D eigenvalue weighted by atomic mass is 16.5. The lowest BCUT2D eigenvalue weighted by Crippen LogP contribution is -2.49. The summed E-state index contributed by atoms with van der Waals surface area (Å²) in [5.41, 5.74) is 5.59. The first-order valence-corrected chi connectivity index (χ1v) is 11.9. The van der Waals surface area contributed by atoms with E-state index in [4.69, 9.17) is 9.72 Å². The Kier molecular flexibility index (Phi) is 6.18. The maximum absolute atomic E-state index is 12.9. The molecule has 3 aromatic rings. The van der Waals surface area contributed by atoms with Crippen LogP contribution >= 0.6 is 0 Å². The molecule has 0 radical (unpaired) electrons. The van der Waals surface area contributed by atoms with Crippen molar-refractivity contribution in [2.45, 2.75) is 25.7 Å². The molecule has 34 heavy (non-hydrogen) atoms. The van der Waals surface area contributed by atoms with Gasteiger partial charge in [-0.3, -0.25) is 4.79 Å². The fraction of sp³-hybridized carbons (Fsp3) is 0.321. The normalized spacial score (nSPS) is 15.4. The van der Waals surface area contributed by atoms with Crippen LogP contribution in [0, 0.1) is 11.3 Å². The molecule has 0 atom stereocenters. The quantitative estimate of drug-likeness (QED) is 0.584. The van der Waals surface area contributed by atoms with E-state index in [1.165, 1.54) is 5.56 Å². The summed E-state index contributed by atoms with van der Waals surface area (Å²) in [4.78, 5) is 22.1. The van der Waals surface area contributed by atoms with Crippen molar-refractivity contribution in [1.29, 1.82) is 5.26 Å². The van der Waals surface area contributed by atoms with Gasteiger partial charge < -0.3 is 14.5 Å². The molecule has 5 rings (SSSR count). The van der Waals surface area contributed by atoms with Crippen LogP contribution in [-0.4, -0.2) is 49.1 Å². The number of para-hydroxylation sites is 1. The number of anilines is 1. The molecule has 1 aliphatic heterocycles. The number of amides is 1. The van der Waals surface area contributed by atoms with Crippen LogP contribution < -0.4 is 9.64 Å². The van der Waals surface area contributed by atoms with Crippen LogP contribution in [-0.2, 0) is 12.8 Å². The van der Waals surface area contributed by atoms with Gasteiger partial charge in [-0.1, -0.05) is 30.3 Å². The number of hydrogen-bond acceptors (Lipinski definition) is 5. The van der Waals surface area contributed by atoms with Gasteiger partial charge in [-0.05, 0) is 61.1 Å². The zero-order chi connectivity index (χ0) is 23.5. The molecule has 0 N–H and O–H groups in total. The third kappa shape index (κ3) is 3.99. The van der Waals surface area contributed by atoms with E-state index in [0.717, 1.165) is 54.1 Å². The number of rotatable bonds is 4. The smallest absolute Gasteiger partial charge is 0.253 e. The van der Waals surface area contributed by atoms with Crippen molar-refractivity contribution in [2.24, 2.45) is 0 Å². The van der Waals surface area contributed by atoms with Gasteiger partial charge in [0.05, 0.1) is 18.4 Å². The molecule has 1 aliphatic carbocycles. The van der Waals surface area contributed by atoms with Crippen molar-refractivity contribution < 1.29 is 9.53 Å². The third-order valence-corrected chi connectivity index (χ3v) is 6.86. The number of nitrogens with zero attached hydrogens (tertiary/aromatic N) is 4. The second kappa shape index (κ2) is 9.56. The molecular weight excluding hydrogens is 424 g/mol. The number of fused-ring (bicyclic) bond motifs is 1. The summed E-state index contributed by atoms with van der Waals surface area (Å²) in [6.45, 7) is 2.48. The SMILES string of the molecule is COc1ccccc1-c1nc(N2CCN(C(=O)c3ccccc3)CC2)c(C#N)c2c1CCCC2. The Hall–Kier alpha value is -3.85. The predicted octanol–water partition coefficient (Wildman–Crippen LogP) is 4.47. The van der Waals surface area contributed by atoms with Gasteiger partial charge in [0.25, 0.3) is 5.91 Å². The molecule has 0 unspecified atom stereocenters. The van der Waals surface area contributed by atoms with Gasteiger partial charge in [0, 0.05) is 37.3 Å². The van der Waals surface area contributed by atoms with Crippen molar-refractivity contribution in [3.63, 3.8) is 0 Å². The average molecular weight is 453 g/mol. The molecule has 2 heterocycles. The van der Waals surface area contributed by atoms with E-state index < -0.39 is 0 Å². The second-order valence-corrected chi connectivity index (χ2v) is 8.78. The number of hydrogen-bond donors (Lipinski definition) is 0. The number of aromatic nitrogens is 1. The summed E-state index contributed by atoms with van der Waals surface area (Å²) >= 11 is 0. The Morgan fingerprint density at radius 1 is 0.941 bits per heavy atom. The molecule has 0 saturated carbocycles. The number of carbonyl (C=O) groups is 1. The molecular formula is C28H28N4O2. The van der Waals surface area contributed by atoms with Gasteiger partial charge >= 0.3 is 0 Å². The highest BCUT2D eigenvalue weighted by Crippen LogP contribution is 2.39. The van der Waals surface area contributed by atoms with Crippen molar-refractivity contribution in [3.8, 4) is 23.1 Å². The lowest BCUT2D eigenvalue weighted by Gasteiger charge is -2.37. The molecule has 1 amide bonds. The van der Waals surface area contributed by atoms with Crippen LogP contribution in [0.3, 0.4) is 0 Å². The minimum atomic E-state index is 0.0499. The van der Waals surface area contributed by atoms with Crippen LogP contribution in [0.1, 0.15) is 39.9 Å². The molecule has 2 aromatic carbocycles. The summed E-state index contributed by atoms with van der Waals surface area (Å²) in [5.74, 6) is 1.57. The Morgan fingerprint density at radius 3 is 2.32 bits per heavy atom. The largest absolute Gasteiger partial charge is 0.496 e. The Labute approximate surface area is 200 Å². The van der Waals surface area contributed by atoms with E-state index >= 15 is 0 Å². The summed E-state index contributed by atoms with van der Waals surface area (Å²) in [7, 11) is 1.68. The third-order valence-electron chi connectivity index (χ3n) is 6.86. The summed E-state index contributed by atoms with van der Waals surface area (Å²) in [6, 6.07) is 19.8. The molecule has 0 bridgehead atoms. The Balaban J connectivity index is 1.50. The van der Waals surface area contributed by atoms with Crippen LogP contribution in [0.5, 0.6) is 5.75 Å². The van der Waals surface area contributed by atoms with Crippen molar-refractivity contribution >= 4 is 11.7 Å². The molecule has 1 fully saturated rings. The molecule has 6 heteroatoms. The van der Waals surface area contributed by atoms with Crippen LogP contribution in [0.25, 0.3) is 11.3 Å². The minimum absolute atomic E-state index is 0.0499. The van der Waals surface area contributed by atoms with Gasteiger partial charge in [-0.25, -0.2) is 4.98 Å². The highest BCUT2D eigenvalue weighted by molar-refractivity contribution is 5.94. The van der Waals surface area contributed by atoms with Crippen molar-refractivity contribution in [3.05, 3.63) is 76.9 Å². The number of ether oxygens (including phenoxy) is 1. The monoisotopic (exact) mass is 452 g/mol. The van der Waals surface area contributed by atoms with Gasteiger partial charge in [0.15, 0.2) is 0 Å². The molecule has 1 aromatic heterocycles. The van der Waals surface area contributed by atoms with Gasteiger partial charge in [0.2, 0.25) is 0 Å². The first kappa shape index (κ1) is 22.0. The van der Waals surface area contributed by atoms with Crippen LogP contribution in [0.4, 0.5) is 5.82 Å². The van der Waals surface area contributed by atoms with Crippen LogP contribution in [0.2, 0.25) is 0 Å². The van der Waals surface area contributed by atoms with Crippen LogP contribution in [0.15, 0.2) is 54.6 Å². The first-order chi connectivity index (χ1) is 16.7. The van der Waals surface area contributed by atoms with E-state index in [9.17, 15) is 10.1 Å². The average Bonchev–Trinajstić information content (AvgIpc) is 2.92. The van der Waals surface area contributed by atoms with Crippen molar-refractivity contribution in [1.82, 2.24) is 9.88 Å². The predicted molar refractivity (Wildman–Crippen MR) is 132 cm³/mol. The van der Waals surface area contributed by atoms with E-state index in [1.54, 1.807) is 7.11 Å². The first-order valence-electron chi connectivity index (χ1n) is 11.9. The number of piperazine rings is 1. The summed E-state index contributed by atoms with van der Waals surface area (Å²) < 4.78 is 5.65. The lowest BCUT2D eigenvalue weighted by atomic mass is 9.85. The lowest BCUT2D eigenvalue weighted by molar-refractivity contribution is 0.0746. The maximum atomic E-state index is 12.9. The summed E-state index contributed by atoms with van der Waals surface area (Å²) in [5, 5.41) is 10.2. The zero-order valence-corrected chi connectivity index (χ0v) is 19.5. The zero-order valence-electron chi connectivity index (χ0n) is 19.5. The van der Waals surface area contributed by atoms with Crippen molar-refractivity contribution in [2.75, 3.05) is 38.2 Å². The summed E-state index contributed by atoms with van der Waals surface area (Å²) in [6.07, 6.45) is 3.99. The van der Waals surface area contributed by atoms with E-state index in [1.807, 2.05) is 59.5 Å². The Morgan fingerprint density at radius 2 is 1.62 bits per heavy atom. The number of pyridine rings is 1. The molecule has 2 aliphatic rings. The van der Waals surface area contributed by atoms with Gasteiger partial charge in [-0.2, -0.15) is 5.26 Å². The second-order valence-electron chi connectivity index (χ2n) is 8.78. The van der Waals surface area contributed by atoms with E-state index in [2.05, 4.69) is 11.0 Å². The molecule has 172 valence electrons. The fourth-order valence-corrected chi connectivity index (χ4v) is 5.10. The topological polar surface area (TPSA) is 69.5 Å². The minimum Gasteiger partial charge on any atom is -0.496 e. The van der Waals surface area contributed by atoms with E-state index in [0.29, 0.717) is 37.3 Å². The molecule has 6 nitrogen and oxygen atoms in total. The molecule has 0 spiro atoms. The standard InChI is InChI=1S/C28H28N4O2/c1-34-25-14-8-7-13-23(25)26-22-12-6-5-11-21(22)24(19-29)27(30-26)31-15-17-32(18-16-31)28(33)20-9-3-2-4-10-20/h2-4,7-10,13-14H,5-6,11-12,15-18H2,1H3. The van der Waals surface area contributed by atoms with E-state index in [-0.39, 0.29) is 5.91 Å². The number of benzene rings is 2. The Bertz CT molecular complexity index is 1240. The maximum Gasteiger partial charge on any atom is 0.253 e. The molecule has 1 saturated heterocycles. The number of nitriles is 1. The fourth-order valence-electron chi connectivity index (χ4n) is 5.10. The van der Waals surface area contributed by atoms with Gasteiger partial charge in [0.1, 0.15) is 17.6 Å².